The lowest BCUT2D eigenvalue weighted by Crippen LogP contribution is -1.98. The first-order chi connectivity index (χ1) is 8.16. The third kappa shape index (κ3) is 2.66. The fourth-order valence-electron chi connectivity index (χ4n) is 1.42. The van der Waals surface area contributed by atoms with Crippen LogP contribution in [0.15, 0.2) is 47.0 Å². The monoisotopic (exact) mass is 230 g/mol. The van der Waals surface area contributed by atoms with Gasteiger partial charge in [0.2, 0.25) is 5.88 Å². The number of para-hydroxylation sites is 1. The molecule has 4 nitrogen and oxygen atoms in total. The van der Waals surface area contributed by atoms with Crippen LogP contribution in [0.4, 0.5) is 5.88 Å². The van der Waals surface area contributed by atoms with E-state index in [2.05, 4.69) is 11.7 Å². The molecule has 1 aromatic heterocycles. The maximum absolute atomic E-state index is 5.64. The molecule has 0 saturated heterocycles. The van der Waals surface area contributed by atoms with E-state index in [4.69, 9.17) is 15.0 Å². The van der Waals surface area contributed by atoms with Crippen LogP contribution >= 0.6 is 0 Å². The van der Waals surface area contributed by atoms with Gasteiger partial charge in [-0.15, -0.1) is 0 Å². The summed E-state index contributed by atoms with van der Waals surface area (Å²) >= 11 is 0. The van der Waals surface area contributed by atoms with Gasteiger partial charge in [-0.3, -0.25) is 0 Å². The number of hydrogen-bond donors (Lipinski definition) is 1. The number of ether oxygens (including phenoxy) is 1. The molecule has 0 atom stereocenters. The summed E-state index contributed by atoms with van der Waals surface area (Å²) in [5.74, 6) is 1.03. The average molecular weight is 230 g/mol. The number of aromatic nitrogens is 1. The summed E-state index contributed by atoms with van der Waals surface area (Å²) in [6.45, 7) is 6.19. The molecule has 0 radical (unpaired) electrons. The molecule has 0 bridgehead atoms. The first kappa shape index (κ1) is 11.3. The molecule has 1 heterocycles. The van der Waals surface area contributed by atoms with Crippen molar-refractivity contribution in [2.75, 3.05) is 12.3 Å². The highest BCUT2D eigenvalue weighted by Gasteiger charge is 2.10. The van der Waals surface area contributed by atoms with Gasteiger partial charge in [-0.25, -0.2) is 0 Å². The fraction of sp³-hybridized carbons (Fsp3) is 0.154. The topological polar surface area (TPSA) is 61.3 Å². The summed E-state index contributed by atoms with van der Waals surface area (Å²) in [6, 6.07) is 9.27. The number of hydrogen-bond acceptors (Lipinski definition) is 4. The van der Waals surface area contributed by atoms with Gasteiger partial charge in [-0.1, -0.05) is 23.9 Å². The predicted octanol–water partition coefficient (Wildman–Crippen LogP) is 2.88. The minimum absolute atomic E-state index is 0.287. The number of nitrogens with two attached hydrogens (primary N) is 1. The Morgan fingerprint density at radius 2 is 2.24 bits per heavy atom. The summed E-state index contributed by atoms with van der Waals surface area (Å²) in [4.78, 5) is 0. The lowest BCUT2D eigenvalue weighted by atomic mass is 10.1. The first-order valence-corrected chi connectivity index (χ1v) is 5.25. The molecule has 0 amide bonds. The molecule has 0 aliphatic rings. The zero-order valence-corrected chi connectivity index (χ0v) is 9.64. The number of nitrogen functional groups attached to an aromatic ring is 1. The minimum Gasteiger partial charge on any atom is -0.489 e. The molecular formula is C13H14N2O2. The maximum Gasteiger partial charge on any atom is 0.222 e. The molecule has 4 heteroatoms. The molecule has 88 valence electrons. The van der Waals surface area contributed by atoms with E-state index in [1.54, 1.807) is 6.07 Å². The summed E-state index contributed by atoms with van der Waals surface area (Å²) in [7, 11) is 0. The van der Waals surface area contributed by atoms with Crippen molar-refractivity contribution in [3.8, 4) is 17.0 Å². The zero-order chi connectivity index (χ0) is 12.3. The van der Waals surface area contributed by atoms with Crippen LogP contribution in [-0.4, -0.2) is 11.8 Å². The van der Waals surface area contributed by atoms with E-state index in [1.807, 2.05) is 31.2 Å². The third-order valence-electron chi connectivity index (χ3n) is 2.17. The van der Waals surface area contributed by atoms with Gasteiger partial charge in [-0.05, 0) is 24.6 Å². The molecule has 2 rings (SSSR count). The van der Waals surface area contributed by atoms with E-state index in [1.165, 1.54) is 0 Å². The number of anilines is 1. The van der Waals surface area contributed by atoms with E-state index in [0.717, 1.165) is 16.9 Å². The molecular weight excluding hydrogens is 216 g/mol. The van der Waals surface area contributed by atoms with Gasteiger partial charge in [0.1, 0.15) is 18.1 Å². The van der Waals surface area contributed by atoms with Crippen LogP contribution in [0.3, 0.4) is 0 Å². The van der Waals surface area contributed by atoms with Crippen molar-refractivity contribution in [1.29, 1.82) is 0 Å². The van der Waals surface area contributed by atoms with Crippen LogP contribution < -0.4 is 10.5 Å². The maximum atomic E-state index is 5.64. The molecule has 1 aromatic carbocycles. The van der Waals surface area contributed by atoms with Crippen LogP contribution in [0.25, 0.3) is 11.3 Å². The summed E-state index contributed by atoms with van der Waals surface area (Å²) in [5.41, 5.74) is 7.98. The Kier molecular flexibility index (Phi) is 3.14. The third-order valence-corrected chi connectivity index (χ3v) is 2.17. The highest BCUT2D eigenvalue weighted by molar-refractivity contribution is 5.68. The van der Waals surface area contributed by atoms with Gasteiger partial charge < -0.3 is 15.0 Å². The smallest absolute Gasteiger partial charge is 0.222 e. The number of rotatable bonds is 4. The molecule has 0 aliphatic heterocycles. The van der Waals surface area contributed by atoms with Crippen molar-refractivity contribution in [3.63, 3.8) is 0 Å². The van der Waals surface area contributed by atoms with Crippen LogP contribution in [0.2, 0.25) is 0 Å². The van der Waals surface area contributed by atoms with Gasteiger partial charge >= 0.3 is 0 Å². The highest BCUT2D eigenvalue weighted by Crippen LogP contribution is 2.29. The minimum atomic E-state index is 0.287. The summed E-state index contributed by atoms with van der Waals surface area (Å²) in [6.07, 6.45) is 0. The Balaban J connectivity index is 2.30. The van der Waals surface area contributed by atoms with Gasteiger partial charge in [0, 0.05) is 11.6 Å². The second-order valence-corrected chi connectivity index (χ2v) is 3.86. The Hall–Kier alpha value is -2.23. The molecule has 0 saturated carbocycles. The standard InChI is InChI=1S/C13H14N2O2/c1-9(2)8-16-12-6-4-3-5-10(12)11-7-13(14)17-15-11/h3-7H,1,8,14H2,2H3. The van der Waals surface area contributed by atoms with E-state index in [0.29, 0.717) is 12.3 Å². The lowest BCUT2D eigenvalue weighted by Gasteiger charge is -2.09. The summed E-state index contributed by atoms with van der Waals surface area (Å²) in [5, 5.41) is 3.87. The van der Waals surface area contributed by atoms with Crippen molar-refractivity contribution >= 4 is 5.88 Å². The Bertz CT molecular complexity index is 532. The number of nitrogens with zero attached hydrogens (tertiary/aromatic N) is 1. The molecule has 2 aromatic rings. The quantitative estimate of drug-likeness (QED) is 0.820. The second-order valence-electron chi connectivity index (χ2n) is 3.86. The van der Waals surface area contributed by atoms with Gasteiger partial charge in [0.15, 0.2) is 0 Å². The first-order valence-electron chi connectivity index (χ1n) is 5.25. The van der Waals surface area contributed by atoms with E-state index in [9.17, 15) is 0 Å². The normalized spacial score (nSPS) is 10.2. The highest BCUT2D eigenvalue weighted by atomic mass is 16.5. The van der Waals surface area contributed by atoms with E-state index in [-0.39, 0.29) is 5.88 Å². The van der Waals surface area contributed by atoms with E-state index < -0.39 is 0 Å². The molecule has 17 heavy (non-hydrogen) atoms. The zero-order valence-electron chi connectivity index (χ0n) is 9.64. The fourth-order valence-corrected chi connectivity index (χ4v) is 1.42. The van der Waals surface area contributed by atoms with Crippen molar-refractivity contribution in [1.82, 2.24) is 5.16 Å². The molecule has 0 spiro atoms. The van der Waals surface area contributed by atoms with Crippen molar-refractivity contribution in [2.45, 2.75) is 6.92 Å². The molecule has 0 aliphatic carbocycles. The van der Waals surface area contributed by atoms with Gasteiger partial charge in [0.05, 0.1) is 0 Å². The second kappa shape index (κ2) is 4.74. The van der Waals surface area contributed by atoms with Crippen LogP contribution in [0, 0.1) is 0 Å². The van der Waals surface area contributed by atoms with Crippen molar-refractivity contribution in [3.05, 3.63) is 42.5 Å². The Morgan fingerprint density at radius 1 is 1.47 bits per heavy atom. The van der Waals surface area contributed by atoms with Gasteiger partial charge in [-0.2, -0.15) is 0 Å². The number of benzene rings is 1. The largest absolute Gasteiger partial charge is 0.489 e. The molecule has 0 fully saturated rings. The van der Waals surface area contributed by atoms with Gasteiger partial charge in [0.25, 0.3) is 0 Å². The van der Waals surface area contributed by atoms with E-state index >= 15 is 0 Å². The van der Waals surface area contributed by atoms with Crippen LogP contribution in [-0.2, 0) is 0 Å². The lowest BCUT2D eigenvalue weighted by molar-refractivity contribution is 0.353. The molecule has 2 N–H and O–H groups in total. The summed E-state index contributed by atoms with van der Waals surface area (Å²) < 4.78 is 10.5. The van der Waals surface area contributed by atoms with Crippen LogP contribution in [0.5, 0.6) is 5.75 Å². The Morgan fingerprint density at radius 3 is 2.88 bits per heavy atom. The van der Waals surface area contributed by atoms with Crippen molar-refractivity contribution < 1.29 is 9.26 Å². The van der Waals surface area contributed by atoms with Crippen molar-refractivity contribution in [2.24, 2.45) is 0 Å². The predicted molar refractivity (Wildman–Crippen MR) is 66.7 cm³/mol. The molecule has 0 unspecified atom stereocenters. The average Bonchev–Trinajstić information content (AvgIpc) is 2.73. The SMILES string of the molecule is C=C(C)COc1ccccc1-c1cc(N)on1. The Labute approximate surface area is 99.7 Å². The van der Waals surface area contributed by atoms with Crippen LogP contribution in [0.1, 0.15) is 6.92 Å².